The number of hydrogen-bond donors (Lipinski definition) is 0. The van der Waals surface area contributed by atoms with Gasteiger partial charge < -0.3 is 9.47 Å². The number of pyridine rings is 1. The first-order valence-electron chi connectivity index (χ1n) is 5.53. The number of nitrogens with zero attached hydrogens (tertiary/aromatic N) is 2. The zero-order valence-electron chi connectivity index (χ0n) is 10.3. The normalized spacial score (nSPS) is 9.74. The van der Waals surface area contributed by atoms with Gasteiger partial charge in [0.25, 0.3) is 0 Å². The molecule has 0 aliphatic rings. The Morgan fingerprint density at radius 2 is 2.05 bits per heavy atom. The number of ether oxygens (including phenoxy) is 2. The molecule has 19 heavy (non-hydrogen) atoms. The molecule has 0 unspecified atom stereocenters. The summed E-state index contributed by atoms with van der Waals surface area (Å²) in [5, 5.41) is 9.52. The Kier molecular flexibility index (Phi) is 4.22. The van der Waals surface area contributed by atoms with Crippen LogP contribution in [-0.2, 0) is 6.61 Å². The van der Waals surface area contributed by atoms with E-state index in [0.29, 0.717) is 27.8 Å². The zero-order valence-corrected chi connectivity index (χ0v) is 11.0. The zero-order chi connectivity index (χ0) is 13.7. The lowest BCUT2D eigenvalue weighted by Crippen LogP contribution is -1.98. The van der Waals surface area contributed by atoms with Crippen LogP contribution in [0.25, 0.3) is 0 Å². The Balaban J connectivity index is 2.13. The quantitative estimate of drug-likeness (QED) is 0.859. The van der Waals surface area contributed by atoms with E-state index in [1.54, 1.807) is 43.6 Å². The van der Waals surface area contributed by atoms with Crippen molar-refractivity contribution in [3.63, 3.8) is 0 Å². The molecule has 5 heteroatoms. The van der Waals surface area contributed by atoms with Gasteiger partial charge >= 0.3 is 0 Å². The van der Waals surface area contributed by atoms with Crippen molar-refractivity contribution in [1.82, 2.24) is 4.98 Å². The molecule has 0 radical (unpaired) electrons. The lowest BCUT2D eigenvalue weighted by Gasteiger charge is -2.08. The van der Waals surface area contributed by atoms with E-state index in [1.165, 1.54) is 0 Å². The van der Waals surface area contributed by atoms with E-state index in [2.05, 4.69) is 11.1 Å². The molecule has 0 aliphatic heterocycles. The minimum Gasteiger partial charge on any atom is -0.497 e. The first-order valence-corrected chi connectivity index (χ1v) is 5.91. The van der Waals surface area contributed by atoms with Crippen LogP contribution in [0, 0.1) is 11.3 Å². The molecule has 0 N–H and O–H groups in total. The number of rotatable bonds is 4. The molecule has 0 bridgehead atoms. The number of benzene rings is 1. The molecule has 96 valence electrons. The fraction of sp³-hybridized carbons (Fsp3) is 0.143. The highest BCUT2D eigenvalue weighted by molar-refractivity contribution is 6.30. The average molecular weight is 275 g/mol. The summed E-state index contributed by atoms with van der Waals surface area (Å²) >= 11 is 5.86. The lowest BCUT2D eigenvalue weighted by molar-refractivity contribution is 0.299. The summed E-state index contributed by atoms with van der Waals surface area (Å²) < 4.78 is 10.7. The van der Waals surface area contributed by atoms with Gasteiger partial charge in [0.1, 0.15) is 18.1 Å². The summed E-state index contributed by atoms with van der Waals surface area (Å²) in [6.07, 6.45) is 1.62. The van der Waals surface area contributed by atoms with E-state index in [0.717, 1.165) is 0 Å². The largest absolute Gasteiger partial charge is 0.497 e. The molecule has 0 saturated heterocycles. The molecule has 0 fully saturated rings. The third kappa shape index (κ3) is 3.60. The lowest BCUT2D eigenvalue weighted by atomic mass is 10.2. The molecule has 1 aromatic carbocycles. The van der Waals surface area contributed by atoms with Crippen molar-refractivity contribution in [3.8, 4) is 17.6 Å². The molecule has 2 rings (SSSR count). The first-order chi connectivity index (χ1) is 9.21. The number of hydrogen-bond acceptors (Lipinski definition) is 4. The van der Waals surface area contributed by atoms with Crippen molar-refractivity contribution in [2.24, 2.45) is 0 Å². The van der Waals surface area contributed by atoms with Crippen LogP contribution in [0.5, 0.6) is 11.5 Å². The third-order valence-electron chi connectivity index (χ3n) is 2.41. The predicted molar refractivity (Wildman–Crippen MR) is 71.3 cm³/mol. The molecule has 0 aliphatic carbocycles. The highest BCUT2D eigenvalue weighted by Gasteiger charge is 2.03. The molecule has 0 spiro atoms. The van der Waals surface area contributed by atoms with Crippen molar-refractivity contribution in [3.05, 3.63) is 52.8 Å². The molecular weight excluding hydrogens is 264 g/mol. The van der Waals surface area contributed by atoms with Crippen molar-refractivity contribution < 1.29 is 9.47 Å². The van der Waals surface area contributed by atoms with Gasteiger partial charge in [0.15, 0.2) is 0 Å². The van der Waals surface area contributed by atoms with Crippen LogP contribution in [0.3, 0.4) is 0 Å². The van der Waals surface area contributed by atoms with Crippen LogP contribution in [0.4, 0.5) is 0 Å². The summed E-state index contributed by atoms with van der Waals surface area (Å²) in [4.78, 5) is 4.13. The maximum absolute atomic E-state index is 8.91. The smallest absolute Gasteiger partial charge is 0.130 e. The average Bonchev–Trinajstić information content (AvgIpc) is 2.44. The number of aromatic nitrogens is 1. The maximum Gasteiger partial charge on any atom is 0.130 e. The van der Waals surface area contributed by atoms with Gasteiger partial charge in [-0.25, -0.2) is 0 Å². The van der Waals surface area contributed by atoms with Crippen LogP contribution in [-0.4, -0.2) is 12.1 Å². The second-order valence-corrected chi connectivity index (χ2v) is 4.20. The highest BCUT2D eigenvalue weighted by Crippen LogP contribution is 2.23. The van der Waals surface area contributed by atoms with Gasteiger partial charge in [0, 0.05) is 17.3 Å². The van der Waals surface area contributed by atoms with Gasteiger partial charge in [-0.1, -0.05) is 11.6 Å². The summed E-state index contributed by atoms with van der Waals surface area (Å²) in [6, 6.07) is 10.5. The van der Waals surface area contributed by atoms with Gasteiger partial charge in [-0.15, -0.1) is 0 Å². The van der Waals surface area contributed by atoms with Gasteiger partial charge in [-0.3, -0.25) is 4.98 Å². The van der Waals surface area contributed by atoms with Gasteiger partial charge in [-0.2, -0.15) is 5.26 Å². The third-order valence-corrected chi connectivity index (χ3v) is 2.65. The van der Waals surface area contributed by atoms with Crippen molar-refractivity contribution >= 4 is 11.6 Å². The second kappa shape index (κ2) is 6.07. The van der Waals surface area contributed by atoms with E-state index < -0.39 is 0 Å². The van der Waals surface area contributed by atoms with Crippen LogP contribution in [0.2, 0.25) is 5.02 Å². The van der Waals surface area contributed by atoms with Crippen LogP contribution in [0.15, 0.2) is 36.5 Å². The molecule has 0 atom stereocenters. The van der Waals surface area contributed by atoms with E-state index in [9.17, 15) is 0 Å². The van der Waals surface area contributed by atoms with Crippen LogP contribution >= 0.6 is 11.6 Å². The molecule has 2 aromatic rings. The maximum atomic E-state index is 8.91. The molecule has 0 saturated carbocycles. The van der Waals surface area contributed by atoms with Crippen molar-refractivity contribution in [2.45, 2.75) is 6.61 Å². The summed E-state index contributed by atoms with van der Waals surface area (Å²) in [7, 11) is 1.54. The van der Waals surface area contributed by atoms with Gasteiger partial charge in [0.05, 0.1) is 24.4 Å². The Morgan fingerprint density at radius 1 is 1.26 bits per heavy atom. The minimum absolute atomic E-state index is 0.276. The molecule has 4 nitrogen and oxygen atoms in total. The Bertz CT molecular complexity index is 623. The Morgan fingerprint density at radius 3 is 2.74 bits per heavy atom. The Labute approximate surface area is 116 Å². The number of methoxy groups -OCH3 is 1. The van der Waals surface area contributed by atoms with Crippen molar-refractivity contribution in [2.75, 3.05) is 7.11 Å². The summed E-state index contributed by atoms with van der Waals surface area (Å²) in [5.41, 5.74) is 1.20. The highest BCUT2D eigenvalue weighted by atomic mass is 35.5. The minimum atomic E-state index is 0.276. The van der Waals surface area contributed by atoms with Crippen molar-refractivity contribution in [1.29, 1.82) is 5.26 Å². The Hall–Kier alpha value is -2.25. The SMILES string of the molecule is COc1cc(C#N)cc(OCc2cc(Cl)ccn2)c1. The van der Waals surface area contributed by atoms with Crippen LogP contribution < -0.4 is 9.47 Å². The van der Waals surface area contributed by atoms with Gasteiger partial charge in [-0.05, 0) is 24.3 Å². The first kappa shape index (κ1) is 13.2. The fourth-order valence-corrected chi connectivity index (χ4v) is 1.70. The van der Waals surface area contributed by atoms with E-state index in [1.807, 2.05) is 0 Å². The van der Waals surface area contributed by atoms with E-state index >= 15 is 0 Å². The molecule has 0 amide bonds. The number of nitriles is 1. The predicted octanol–water partition coefficient (Wildman–Crippen LogP) is 3.19. The summed E-state index contributed by atoms with van der Waals surface area (Å²) in [5.74, 6) is 1.13. The van der Waals surface area contributed by atoms with Crippen LogP contribution in [0.1, 0.15) is 11.3 Å². The standard InChI is InChI=1S/C14H11ClN2O2/c1-18-13-4-10(8-16)5-14(7-13)19-9-12-6-11(15)2-3-17-12/h2-7H,9H2,1H3. The van der Waals surface area contributed by atoms with E-state index in [-0.39, 0.29) is 6.61 Å². The molecular formula is C14H11ClN2O2. The second-order valence-electron chi connectivity index (χ2n) is 3.76. The monoisotopic (exact) mass is 274 g/mol. The number of halogens is 1. The molecule has 1 heterocycles. The fourth-order valence-electron chi connectivity index (χ4n) is 1.52. The van der Waals surface area contributed by atoms with E-state index in [4.69, 9.17) is 26.3 Å². The topological polar surface area (TPSA) is 55.1 Å². The van der Waals surface area contributed by atoms with Gasteiger partial charge in [0.2, 0.25) is 0 Å². The molecule has 1 aromatic heterocycles. The summed E-state index contributed by atoms with van der Waals surface area (Å²) in [6.45, 7) is 0.276.